The van der Waals surface area contributed by atoms with E-state index in [-0.39, 0.29) is 5.91 Å². The Kier molecular flexibility index (Phi) is 3.24. The van der Waals surface area contributed by atoms with Crippen LogP contribution in [0.1, 0.15) is 16.1 Å². The summed E-state index contributed by atoms with van der Waals surface area (Å²) in [6.07, 6.45) is 1.62. The summed E-state index contributed by atoms with van der Waals surface area (Å²) >= 11 is 0. The van der Waals surface area contributed by atoms with Crippen molar-refractivity contribution in [3.63, 3.8) is 0 Å². The first-order valence-electron chi connectivity index (χ1n) is 7.35. The first kappa shape index (κ1) is 13.5. The predicted octanol–water partition coefficient (Wildman–Crippen LogP) is 3.04. The van der Waals surface area contributed by atoms with Crippen LogP contribution in [0.4, 0.5) is 0 Å². The molecule has 2 aromatic carbocycles. The second-order valence-corrected chi connectivity index (χ2v) is 5.31. The van der Waals surface area contributed by atoms with Crippen molar-refractivity contribution in [2.75, 3.05) is 0 Å². The molecule has 0 aliphatic carbocycles. The highest BCUT2D eigenvalue weighted by Gasteiger charge is 2.08. The monoisotopic (exact) mass is 302 g/mol. The Morgan fingerprint density at radius 1 is 1.04 bits per heavy atom. The number of para-hydroxylation sites is 1. The summed E-state index contributed by atoms with van der Waals surface area (Å²) in [6, 6.07) is 17.3. The van der Waals surface area contributed by atoms with Crippen molar-refractivity contribution in [1.82, 2.24) is 20.3 Å². The number of carbonyl (C=O) groups is 1. The summed E-state index contributed by atoms with van der Waals surface area (Å²) in [5, 5.41) is 3.99. The lowest BCUT2D eigenvalue weighted by Crippen LogP contribution is -2.23. The minimum absolute atomic E-state index is 0.128. The van der Waals surface area contributed by atoms with Gasteiger partial charge in [0, 0.05) is 10.9 Å². The molecule has 2 aromatic heterocycles. The van der Waals surface area contributed by atoms with Gasteiger partial charge in [-0.2, -0.15) is 0 Å². The van der Waals surface area contributed by atoms with Gasteiger partial charge in [-0.25, -0.2) is 4.98 Å². The summed E-state index contributed by atoms with van der Waals surface area (Å²) in [5.74, 6) is -0.128. The Morgan fingerprint density at radius 3 is 2.91 bits per heavy atom. The van der Waals surface area contributed by atoms with Crippen LogP contribution < -0.4 is 5.32 Å². The second-order valence-electron chi connectivity index (χ2n) is 5.31. The van der Waals surface area contributed by atoms with Crippen molar-refractivity contribution < 1.29 is 4.79 Å². The Bertz CT molecular complexity index is 1010. The molecule has 112 valence electrons. The van der Waals surface area contributed by atoms with Gasteiger partial charge in [0.2, 0.25) is 0 Å². The number of aromatic nitrogens is 3. The fourth-order valence-electron chi connectivity index (χ4n) is 2.56. The van der Waals surface area contributed by atoms with E-state index in [1.54, 1.807) is 18.5 Å². The molecule has 0 radical (unpaired) electrons. The highest BCUT2D eigenvalue weighted by Crippen LogP contribution is 2.13. The van der Waals surface area contributed by atoms with Crippen LogP contribution in [0.2, 0.25) is 0 Å². The molecule has 1 amide bonds. The number of fused-ring (bicyclic) bond motifs is 2. The topological polar surface area (TPSA) is 70.7 Å². The quantitative estimate of drug-likeness (QED) is 0.611. The second kappa shape index (κ2) is 5.53. The molecular formula is C18H14N4O. The van der Waals surface area contributed by atoms with Crippen LogP contribution in [-0.4, -0.2) is 20.9 Å². The molecule has 0 aliphatic heterocycles. The lowest BCUT2D eigenvalue weighted by Gasteiger charge is -2.06. The summed E-state index contributed by atoms with van der Waals surface area (Å²) in [4.78, 5) is 24.0. The largest absolute Gasteiger partial charge is 0.346 e. The third-order valence-electron chi connectivity index (χ3n) is 3.77. The van der Waals surface area contributed by atoms with E-state index in [0.717, 1.165) is 27.6 Å². The van der Waals surface area contributed by atoms with Gasteiger partial charge >= 0.3 is 0 Å². The van der Waals surface area contributed by atoms with E-state index in [9.17, 15) is 4.79 Å². The Hall–Kier alpha value is -3.21. The van der Waals surface area contributed by atoms with E-state index in [1.807, 2.05) is 42.5 Å². The number of benzene rings is 2. The lowest BCUT2D eigenvalue weighted by atomic mass is 10.2. The normalized spacial score (nSPS) is 11.0. The van der Waals surface area contributed by atoms with E-state index in [2.05, 4.69) is 20.3 Å². The average Bonchev–Trinajstić information content (AvgIpc) is 3.07. The summed E-state index contributed by atoms with van der Waals surface area (Å²) in [5.41, 5.74) is 4.06. The van der Waals surface area contributed by atoms with Gasteiger partial charge in [-0.3, -0.25) is 9.78 Å². The molecule has 0 fully saturated rings. The number of hydrogen-bond donors (Lipinski definition) is 2. The SMILES string of the molecule is O=C(NCc1ccc2ccccc2n1)c1ccc2nc[nH]c2c1. The van der Waals surface area contributed by atoms with Gasteiger partial charge in [0.25, 0.3) is 5.91 Å². The summed E-state index contributed by atoms with van der Waals surface area (Å²) < 4.78 is 0. The molecule has 0 atom stereocenters. The fourth-order valence-corrected chi connectivity index (χ4v) is 2.56. The maximum absolute atomic E-state index is 12.3. The molecule has 5 nitrogen and oxygen atoms in total. The van der Waals surface area contributed by atoms with Crippen molar-refractivity contribution in [2.24, 2.45) is 0 Å². The number of imidazole rings is 1. The molecular weight excluding hydrogens is 288 g/mol. The van der Waals surface area contributed by atoms with Crippen LogP contribution in [0.5, 0.6) is 0 Å². The van der Waals surface area contributed by atoms with Crippen LogP contribution in [0.25, 0.3) is 21.9 Å². The van der Waals surface area contributed by atoms with Crippen molar-refractivity contribution in [2.45, 2.75) is 6.54 Å². The van der Waals surface area contributed by atoms with Crippen LogP contribution >= 0.6 is 0 Å². The predicted molar refractivity (Wildman–Crippen MR) is 89.0 cm³/mol. The number of carbonyl (C=O) groups excluding carboxylic acids is 1. The number of nitrogens with zero attached hydrogens (tertiary/aromatic N) is 2. The van der Waals surface area contributed by atoms with Crippen molar-refractivity contribution in [1.29, 1.82) is 0 Å². The minimum atomic E-state index is -0.128. The maximum Gasteiger partial charge on any atom is 0.251 e. The van der Waals surface area contributed by atoms with Gasteiger partial charge in [-0.05, 0) is 30.3 Å². The van der Waals surface area contributed by atoms with Gasteiger partial charge in [-0.15, -0.1) is 0 Å². The van der Waals surface area contributed by atoms with Crippen molar-refractivity contribution in [3.8, 4) is 0 Å². The number of pyridine rings is 1. The molecule has 0 bridgehead atoms. The number of nitrogens with one attached hydrogen (secondary N) is 2. The number of H-pyrrole nitrogens is 1. The zero-order valence-electron chi connectivity index (χ0n) is 12.3. The van der Waals surface area contributed by atoms with E-state index in [0.29, 0.717) is 12.1 Å². The fraction of sp³-hybridized carbons (Fsp3) is 0.0556. The zero-order valence-corrected chi connectivity index (χ0v) is 12.3. The first-order valence-corrected chi connectivity index (χ1v) is 7.35. The zero-order chi connectivity index (χ0) is 15.6. The van der Waals surface area contributed by atoms with E-state index in [4.69, 9.17) is 0 Å². The van der Waals surface area contributed by atoms with Crippen LogP contribution in [0, 0.1) is 0 Å². The maximum atomic E-state index is 12.3. The molecule has 0 saturated heterocycles. The van der Waals surface area contributed by atoms with Crippen molar-refractivity contribution in [3.05, 3.63) is 72.2 Å². The molecule has 2 heterocycles. The number of amides is 1. The molecule has 0 spiro atoms. The molecule has 0 unspecified atom stereocenters. The van der Waals surface area contributed by atoms with Crippen molar-refractivity contribution >= 4 is 27.8 Å². The lowest BCUT2D eigenvalue weighted by molar-refractivity contribution is 0.0950. The number of aromatic amines is 1. The highest BCUT2D eigenvalue weighted by atomic mass is 16.1. The van der Waals surface area contributed by atoms with E-state index in [1.165, 1.54) is 0 Å². The minimum Gasteiger partial charge on any atom is -0.346 e. The smallest absolute Gasteiger partial charge is 0.251 e. The number of hydrogen-bond acceptors (Lipinski definition) is 3. The first-order chi connectivity index (χ1) is 11.3. The molecule has 23 heavy (non-hydrogen) atoms. The van der Waals surface area contributed by atoms with Crippen LogP contribution in [-0.2, 0) is 6.54 Å². The highest BCUT2D eigenvalue weighted by molar-refractivity contribution is 5.97. The Labute approximate surface area is 132 Å². The molecule has 4 rings (SSSR count). The van der Waals surface area contributed by atoms with E-state index >= 15 is 0 Å². The molecule has 4 aromatic rings. The van der Waals surface area contributed by atoms with Gasteiger partial charge in [0.15, 0.2) is 0 Å². The van der Waals surface area contributed by atoms with Crippen LogP contribution in [0.3, 0.4) is 0 Å². The third kappa shape index (κ3) is 2.64. The van der Waals surface area contributed by atoms with Gasteiger partial charge in [0.05, 0.1) is 35.1 Å². The molecule has 0 saturated carbocycles. The standard InChI is InChI=1S/C18H14N4O/c23-18(13-6-8-16-17(9-13)21-11-20-16)19-10-14-7-5-12-3-1-2-4-15(12)22-14/h1-9,11H,10H2,(H,19,23)(H,20,21). The van der Waals surface area contributed by atoms with E-state index < -0.39 is 0 Å². The summed E-state index contributed by atoms with van der Waals surface area (Å²) in [7, 11) is 0. The van der Waals surface area contributed by atoms with Gasteiger partial charge in [-0.1, -0.05) is 24.3 Å². The average molecular weight is 302 g/mol. The third-order valence-corrected chi connectivity index (χ3v) is 3.77. The van der Waals surface area contributed by atoms with Gasteiger partial charge < -0.3 is 10.3 Å². The summed E-state index contributed by atoms with van der Waals surface area (Å²) in [6.45, 7) is 0.394. The molecule has 5 heteroatoms. The van der Waals surface area contributed by atoms with Gasteiger partial charge in [0.1, 0.15) is 0 Å². The molecule has 2 N–H and O–H groups in total. The number of rotatable bonds is 3. The molecule has 0 aliphatic rings. The Balaban J connectivity index is 1.51. The Morgan fingerprint density at radius 2 is 1.96 bits per heavy atom. The van der Waals surface area contributed by atoms with Crippen LogP contribution in [0.15, 0.2) is 60.9 Å².